The second kappa shape index (κ2) is 9.17. The van der Waals surface area contributed by atoms with Crippen molar-refractivity contribution in [2.45, 2.75) is 0 Å². The van der Waals surface area contributed by atoms with E-state index in [1.54, 1.807) is 11.3 Å². The molecule has 0 aliphatic rings. The van der Waals surface area contributed by atoms with E-state index in [9.17, 15) is 0 Å². The van der Waals surface area contributed by atoms with E-state index in [-0.39, 0.29) is 0 Å². The number of fused-ring (bicyclic) bond motifs is 7. The van der Waals surface area contributed by atoms with Crippen LogP contribution in [0.25, 0.3) is 87.0 Å². The highest BCUT2D eigenvalue weighted by molar-refractivity contribution is 7.18. The summed E-state index contributed by atoms with van der Waals surface area (Å²) in [6, 6.07) is 50.2. The molecule has 0 unspecified atom stereocenters. The van der Waals surface area contributed by atoms with Crippen LogP contribution in [-0.4, -0.2) is 0 Å². The van der Waals surface area contributed by atoms with E-state index in [0.29, 0.717) is 0 Å². The average molecular weight is 553 g/mol. The maximum atomic E-state index is 6.64. The van der Waals surface area contributed by atoms with Gasteiger partial charge in [0.2, 0.25) is 0 Å². The van der Waals surface area contributed by atoms with Crippen molar-refractivity contribution in [2.75, 3.05) is 0 Å². The minimum absolute atomic E-state index is 0.918. The molecule has 1 nitrogen and oxygen atoms in total. The summed E-state index contributed by atoms with van der Waals surface area (Å²) >= 11 is 1.78. The second-order valence-corrected chi connectivity index (χ2v) is 11.8. The molecule has 0 bridgehead atoms. The Balaban J connectivity index is 1.34. The van der Waals surface area contributed by atoms with Crippen LogP contribution in [0.4, 0.5) is 0 Å². The number of furan rings is 1. The fraction of sp³-hybridized carbons (Fsp3) is 0. The summed E-state index contributed by atoms with van der Waals surface area (Å²) in [7, 11) is 0. The van der Waals surface area contributed by atoms with E-state index < -0.39 is 0 Å². The van der Waals surface area contributed by atoms with Crippen molar-refractivity contribution in [1.82, 2.24) is 0 Å². The molecular weight excluding hydrogens is 529 g/mol. The van der Waals surface area contributed by atoms with Crippen LogP contribution in [0.5, 0.6) is 0 Å². The molecule has 0 radical (unpaired) electrons. The minimum Gasteiger partial charge on any atom is -0.455 e. The van der Waals surface area contributed by atoms with Crippen LogP contribution in [0, 0.1) is 0 Å². The maximum Gasteiger partial charge on any atom is 0.144 e. The van der Waals surface area contributed by atoms with Crippen molar-refractivity contribution in [2.24, 2.45) is 0 Å². The molecule has 0 spiro atoms. The van der Waals surface area contributed by atoms with Crippen LogP contribution < -0.4 is 0 Å². The van der Waals surface area contributed by atoms with Gasteiger partial charge in [0.05, 0.1) is 0 Å². The fourth-order valence-corrected chi connectivity index (χ4v) is 7.66. The van der Waals surface area contributed by atoms with Gasteiger partial charge in [0.1, 0.15) is 11.2 Å². The number of hydrogen-bond donors (Lipinski definition) is 0. The lowest BCUT2D eigenvalue weighted by Crippen LogP contribution is -1.90. The number of rotatable bonds is 3. The SMILES string of the molecule is c1ccc(-c2c3ccccc3c(-c3ccc4oc5c(ccc6scc(-c7ccccc7)c65)c4c3)c3ccccc23)cc1. The monoisotopic (exact) mass is 552 g/mol. The van der Waals surface area contributed by atoms with Crippen molar-refractivity contribution in [3.63, 3.8) is 0 Å². The van der Waals surface area contributed by atoms with Crippen LogP contribution in [0.2, 0.25) is 0 Å². The molecule has 9 aromatic rings. The Morgan fingerprint density at radius 3 is 1.64 bits per heavy atom. The molecule has 0 saturated carbocycles. The summed E-state index contributed by atoms with van der Waals surface area (Å²) in [6.07, 6.45) is 0. The summed E-state index contributed by atoms with van der Waals surface area (Å²) in [5, 5.41) is 10.8. The lowest BCUT2D eigenvalue weighted by molar-refractivity contribution is 0.673. The second-order valence-electron chi connectivity index (χ2n) is 10.9. The van der Waals surface area contributed by atoms with Gasteiger partial charge in [-0.2, -0.15) is 0 Å². The quantitative estimate of drug-likeness (QED) is 0.199. The van der Waals surface area contributed by atoms with Gasteiger partial charge in [0, 0.05) is 26.4 Å². The molecule has 9 rings (SSSR count). The highest BCUT2D eigenvalue weighted by Crippen LogP contribution is 2.46. The molecule has 2 heteroatoms. The predicted molar refractivity (Wildman–Crippen MR) is 180 cm³/mol. The third kappa shape index (κ3) is 3.43. The summed E-state index contributed by atoms with van der Waals surface area (Å²) in [5.74, 6) is 0. The standard InChI is InChI=1S/C40H24OS/c1-3-11-25(12-4-1)34-24-42-36-22-20-32-33-23-27(19-21-35(33)41-40(32)39(34)36)38-30-17-9-7-15-28(30)37(26-13-5-2-6-14-26)29-16-8-10-18-31(29)38/h1-24H. The first-order chi connectivity index (χ1) is 20.8. The molecule has 0 saturated heterocycles. The number of benzene rings is 7. The Kier molecular flexibility index (Phi) is 5.13. The van der Waals surface area contributed by atoms with Gasteiger partial charge in [0.25, 0.3) is 0 Å². The topological polar surface area (TPSA) is 13.1 Å². The van der Waals surface area contributed by atoms with E-state index >= 15 is 0 Å². The summed E-state index contributed by atoms with van der Waals surface area (Å²) in [4.78, 5) is 0. The van der Waals surface area contributed by atoms with Crippen LogP contribution in [0.1, 0.15) is 0 Å². The Morgan fingerprint density at radius 1 is 0.429 bits per heavy atom. The molecule has 2 aromatic heterocycles. The average Bonchev–Trinajstić information content (AvgIpc) is 3.66. The number of hydrogen-bond acceptors (Lipinski definition) is 2. The number of thiophene rings is 1. The van der Waals surface area contributed by atoms with E-state index in [1.165, 1.54) is 65.0 Å². The Hall–Kier alpha value is -5.18. The normalized spacial score (nSPS) is 11.8. The van der Waals surface area contributed by atoms with Gasteiger partial charge < -0.3 is 4.42 Å². The van der Waals surface area contributed by atoms with Crippen molar-refractivity contribution in [3.05, 3.63) is 145 Å². The maximum absolute atomic E-state index is 6.64. The van der Waals surface area contributed by atoms with Crippen LogP contribution >= 0.6 is 11.3 Å². The van der Waals surface area contributed by atoms with Crippen LogP contribution in [-0.2, 0) is 0 Å². The van der Waals surface area contributed by atoms with Gasteiger partial charge >= 0.3 is 0 Å². The van der Waals surface area contributed by atoms with E-state index in [4.69, 9.17) is 4.42 Å². The molecule has 0 fully saturated rings. The molecule has 2 heterocycles. The predicted octanol–water partition coefficient (Wildman–Crippen LogP) is 12.1. The third-order valence-electron chi connectivity index (χ3n) is 8.54. The molecule has 0 aliphatic heterocycles. The highest BCUT2D eigenvalue weighted by Gasteiger charge is 2.19. The molecule has 196 valence electrons. The zero-order valence-electron chi connectivity index (χ0n) is 22.7. The van der Waals surface area contributed by atoms with Gasteiger partial charge in [-0.05, 0) is 79.0 Å². The van der Waals surface area contributed by atoms with Crippen molar-refractivity contribution >= 4 is 64.9 Å². The first kappa shape index (κ1) is 23.5. The lowest BCUT2D eigenvalue weighted by Gasteiger charge is -2.17. The first-order valence-electron chi connectivity index (χ1n) is 14.3. The smallest absolute Gasteiger partial charge is 0.144 e. The summed E-state index contributed by atoms with van der Waals surface area (Å²) in [6.45, 7) is 0. The van der Waals surface area contributed by atoms with Gasteiger partial charge in [-0.25, -0.2) is 0 Å². The van der Waals surface area contributed by atoms with Crippen molar-refractivity contribution in [3.8, 4) is 33.4 Å². The first-order valence-corrected chi connectivity index (χ1v) is 15.1. The third-order valence-corrected chi connectivity index (χ3v) is 9.49. The Morgan fingerprint density at radius 2 is 1.00 bits per heavy atom. The largest absolute Gasteiger partial charge is 0.455 e. The molecule has 0 N–H and O–H groups in total. The van der Waals surface area contributed by atoms with Crippen LogP contribution in [0.3, 0.4) is 0 Å². The van der Waals surface area contributed by atoms with E-state index in [1.807, 2.05) is 0 Å². The van der Waals surface area contributed by atoms with Gasteiger partial charge in [0.15, 0.2) is 0 Å². The molecular formula is C40H24OS. The fourth-order valence-electron chi connectivity index (χ4n) is 6.70. The summed E-state index contributed by atoms with van der Waals surface area (Å²) in [5.41, 5.74) is 9.32. The molecule has 0 amide bonds. The van der Waals surface area contributed by atoms with E-state index in [0.717, 1.165) is 21.9 Å². The Bertz CT molecular complexity index is 2390. The van der Waals surface area contributed by atoms with Gasteiger partial charge in [-0.3, -0.25) is 0 Å². The zero-order valence-corrected chi connectivity index (χ0v) is 23.5. The van der Waals surface area contributed by atoms with Crippen LogP contribution in [0.15, 0.2) is 149 Å². The zero-order chi connectivity index (χ0) is 27.6. The van der Waals surface area contributed by atoms with E-state index in [2.05, 4.69) is 145 Å². The van der Waals surface area contributed by atoms with Crippen molar-refractivity contribution in [1.29, 1.82) is 0 Å². The molecule has 42 heavy (non-hydrogen) atoms. The Labute approximate surface area is 246 Å². The van der Waals surface area contributed by atoms with Crippen molar-refractivity contribution < 1.29 is 4.42 Å². The molecule has 0 aliphatic carbocycles. The lowest BCUT2D eigenvalue weighted by atomic mass is 9.86. The molecule has 7 aromatic carbocycles. The minimum atomic E-state index is 0.918. The molecule has 0 atom stereocenters. The van der Waals surface area contributed by atoms with Gasteiger partial charge in [-0.1, -0.05) is 115 Å². The highest BCUT2D eigenvalue weighted by atomic mass is 32.1. The van der Waals surface area contributed by atoms with Gasteiger partial charge in [-0.15, -0.1) is 11.3 Å². The summed E-state index contributed by atoms with van der Waals surface area (Å²) < 4.78 is 7.88.